The van der Waals surface area contributed by atoms with Gasteiger partial charge < -0.3 is 26.6 Å². The summed E-state index contributed by atoms with van der Waals surface area (Å²) in [4.78, 5) is 10.2. The Bertz CT molecular complexity index is 209. The van der Waals surface area contributed by atoms with Crippen LogP contribution in [0.15, 0.2) is 0 Å². The zero-order valence-corrected chi connectivity index (χ0v) is 10.4. The van der Waals surface area contributed by atoms with Crippen LogP contribution in [-0.2, 0) is 4.79 Å². The second-order valence-electron chi connectivity index (χ2n) is 3.87. The maximum Gasteiger partial charge on any atom is 0.303 e. The lowest BCUT2D eigenvalue weighted by Crippen LogP contribution is -3.00. The van der Waals surface area contributed by atoms with Gasteiger partial charge in [-0.15, -0.1) is 6.42 Å². The Labute approximate surface area is 96.5 Å². The Morgan fingerprint density at radius 2 is 2.00 bits per heavy atom. The lowest BCUT2D eigenvalue weighted by Gasteiger charge is -2.27. The van der Waals surface area contributed by atoms with Crippen LogP contribution >= 0.6 is 0 Å². The number of hydrogen-bond donors (Lipinski definition) is 1. The second-order valence-corrected chi connectivity index (χ2v) is 3.87. The molecular formula is C10H18BrNO2. The molecule has 3 nitrogen and oxygen atoms in total. The smallest absolute Gasteiger partial charge is 0.303 e. The number of nitrogens with zero attached hydrogens (tertiary/aromatic N) is 1. The van der Waals surface area contributed by atoms with Gasteiger partial charge in [0.2, 0.25) is 0 Å². The number of halogens is 1. The van der Waals surface area contributed by atoms with E-state index in [4.69, 9.17) is 11.5 Å². The number of carboxylic acids is 1. The predicted octanol–water partition coefficient (Wildman–Crippen LogP) is -2.05. The summed E-state index contributed by atoms with van der Waals surface area (Å²) in [6.45, 7) is 1.64. The molecule has 0 aromatic heterocycles. The highest BCUT2D eigenvalue weighted by Crippen LogP contribution is 2.02. The molecule has 0 spiro atoms. The minimum absolute atomic E-state index is 0. The molecule has 0 aliphatic rings. The molecule has 14 heavy (non-hydrogen) atoms. The maximum absolute atomic E-state index is 10.2. The van der Waals surface area contributed by atoms with Crippen molar-refractivity contribution in [1.82, 2.24) is 0 Å². The van der Waals surface area contributed by atoms with E-state index >= 15 is 0 Å². The number of aliphatic carboxylic acids is 1. The Morgan fingerprint density at radius 1 is 1.43 bits per heavy atom. The molecule has 0 rings (SSSR count). The summed E-state index contributed by atoms with van der Waals surface area (Å²) in [6.07, 6.45) is 7.12. The molecule has 0 fully saturated rings. The fourth-order valence-corrected chi connectivity index (χ4v) is 1.14. The molecule has 0 unspecified atom stereocenters. The van der Waals surface area contributed by atoms with Crippen LogP contribution in [0.1, 0.15) is 19.3 Å². The molecule has 0 aliphatic carbocycles. The first kappa shape index (κ1) is 15.9. The number of hydrogen-bond acceptors (Lipinski definition) is 1. The van der Waals surface area contributed by atoms with E-state index in [2.05, 4.69) is 20.0 Å². The zero-order chi connectivity index (χ0) is 10.3. The third-order valence-corrected chi connectivity index (χ3v) is 1.92. The monoisotopic (exact) mass is 263 g/mol. The van der Waals surface area contributed by atoms with E-state index in [0.29, 0.717) is 6.54 Å². The number of terminal acetylenes is 1. The van der Waals surface area contributed by atoms with Crippen molar-refractivity contribution in [3.63, 3.8) is 0 Å². The summed E-state index contributed by atoms with van der Waals surface area (Å²) >= 11 is 0. The summed E-state index contributed by atoms with van der Waals surface area (Å²) in [7, 11) is 4.11. The number of carboxylic acid groups (broad SMARTS) is 1. The molecule has 0 aromatic carbocycles. The molecule has 0 bridgehead atoms. The van der Waals surface area contributed by atoms with E-state index in [-0.39, 0.29) is 23.4 Å². The minimum Gasteiger partial charge on any atom is -1.00 e. The predicted molar refractivity (Wildman–Crippen MR) is 52.2 cm³/mol. The van der Waals surface area contributed by atoms with Gasteiger partial charge in [0.1, 0.15) is 6.54 Å². The van der Waals surface area contributed by atoms with Crippen molar-refractivity contribution < 1.29 is 31.4 Å². The SMILES string of the molecule is C#CC[N+](C)(C)CCCCC(=O)O.[Br-]. The highest BCUT2D eigenvalue weighted by Gasteiger charge is 2.12. The first-order valence-corrected chi connectivity index (χ1v) is 4.45. The van der Waals surface area contributed by atoms with Crippen LogP contribution in [0.25, 0.3) is 0 Å². The van der Waals surface area contributed by atoms with Gasteiger partial charge in [-0.3, -0.25) is 4.79 Å². The van der Waals surface area contributed by atoms with Gasteiger partial charge in [-0.2, -0.15) is 0 Å². The molecule has 0 saturated carbocycles. The van der Waals surface area contributed by atoms with Crippen molar-refractivity contribution in [2.45, 2.75) is 19.3 Å². The first-order chi connectivity index (χ1) is 5.98. The lowest BCUT2D eigenvalue weighted by atomic mass is 10.2. The normalized spacial score (nSPS) is 10.1. The lowest BCUT2D eigenvalue weighted by molar-refractivity contribution is -0.883. The van der Waals surface area contributed by atoms with Gasteiger partial charge in [0.15, 0.2) is 0 Å². The van der Waals surface area contributed by atoms with Gasteiger partial charge >= 0.3 is 5.97 Å². The number of quaternary nitrogens is 1. The van der Waals surface area contributed by atoms with Crippen LogP contribution in [-0.4, -0.2) is 42.7 Å². The summed E-state index contributed by atoms with van der Waals surface area (Å²) in [5.41, 5.74) is 0. The van der Waals surface area contributed by atoms with Crippen molar-refractivity contribution in [3.8, 4) is 12.3 Å². The molecule has 0 saturated heterocycles. The molecule has 0 aliphatic heterocycles. The zero-order valence-electron chi connectivity index (χ0n) is 8.79. The van der Waals surface area contributed by atoms with E-state index in [1.807, 2.05) is 0 Å². The molecule has 0 heterocycles. The van der Waals surface area contributed by atoms with E-state index in [1.54, 1.807) is 0 Å². The average molecular weight is 264 g/mol. The van der Waals surface area contributed by atoms with Crippen molar-refractivity contribution in [1.29, 1.82) is 0 Å². The molecule has 0 radical (unpaired) electrons. The second kappa shape index (κ2) is 7.84. The Morgan fingerprint density at radius 3 is 2.43 bits per heavy atom. The van der Waals surface area contributed by atoms with Crippen LogP contribution < -0.4 is 17.0 Å². The van der Waals surface area contributed by atoms with Gasteiger partial charge in [0.05, 0.1) is 20.6 Å². The highest BCUT2D eigenvalue weighted by molar-refractivity contribution is 5.66. The molecule has 0 atom stereocenters. The molecule has 0 amide bonds. The van der Waals surface area contributed by atoms with Crippen LogP contribution in [0.2, 0.25) is 0 Å². The van der Waals surface area contributed by atoms with E-state index in [0.717, 1.165) is 23.9 Å². The Balaban J connectivity index is 0. The minimum atomic E-state index is -0.720. The highest BCUT2D eigenvalue weighted by atomic mass is 79.9. The number of unbranched alkanes of at least 4 members (excludes halogenated alkanes) is 1. The molecular weight excluding hydrogens is 246 g/mol. The average Bonchev–Trinajstić information content (AvgIpc) is 1.98. The van der Waals surface area contributed by atoms with Crippen molar-refractivity contribution in [2.75, 3.05) is 27.2 Å². The van der Waals surface area contributed by atoms with Gasteiger partial charge in [0, 0.05) is 6.42 Å². The Kier molecular flexibility index (Phi) is 8.91. The fourth-order valence-electron chi connectivity index (χ4n) is 1.14. The van der Waals surface area contributed by atoms with Crippen LogP contribution in [0.4, 0.5) is 0 Å². The summed E-state index contributed by atoms with van der Waals surface area (Å²) < 4.78 is 0.774. The first-order valence-electron chi connectivity index (χ1n) is 4.45. The van der Waals surface area contributed by atoms with Crippen molar-refractivity contribution in [3.05, 3.63) is 0 Å². The van der Waals surface area contributed by atoms with E-state index in [9.17, 15) is 4.79 Å². The van der Waals surface area contributed by atoms with E-state index in [1.165, 1.54) is 0 Å². The van der Waals surface area contributed by atoms with E-state index < -0.39 is 5.97 Å². The maximum atomic E-state index is 10.2. The van der Waals surface area contributed by atoms with Crippen molar-refractivity contribution in [2.24, 2.45) is 0 Å². The molecule has 0 aromatic rings. The fraction of sp³-hybridized carbons (Fsp3) is 0.700. The summed E-state index contributed by atoms with van der Waals surface area (Å²) in [5.74, 6) is 1.89. The largest absolute Gasteiger partial charge is 1.00 e. The quantitative estimate of drug-likeness (QED) is 0.341. The van der Waals surface area contributed by atoms with Crippen LogP contribution in [0.3, 0.4) is 0 Å². The van der Waals surface area contributed by atoms with Gasteiger partial charge in [-0.05, 0) is 18.8 Å². The third kappa shape index (κ3) is 9.56. The van der Waals surface area contributed by atoms with Gasteiger partial charge in [0.25, 0.3) is 0 Å². The molecule has 82 valence electrons. The molecule has 1 N–H and O–H groups in total. The van der Waals surface area contributed by atoms with Crippen LogP contribution in [0, 0.1) is 12.3 Å². The standard InChI is InChI=1S/C10H17NO2.BrH/c1-4-8-11(2,3)9-6-5-7-10(12)13;/h1H,5-9H2,2-3H3;1H. The molecule has 4 heteroatoms. The summed E-state index contributed by atoms with van der Waals surface area (Å²) in [6, 6.07) is 0. The summed E-state index contributed by atoms with van der Waals surface area (Å²) in [5, 5.41) is 8.41. The number of carbonyl (C=O) groups is 1. The van der Waals surface area contributed by atoms with Gasteiger partial charge in [-0.25, -0.2) is 0 Å². The van der Waals surface area contributed by atoms with Crippen molar-refractivity contribution >= 4 is 5.97 Å². The van der Waals surface area contributed by atoms with Crippen LogP contribution in [0.5, 0.6) is 0 Å². The third-order valence-electron chi connectivity index (χ3n) is 1.92. The topological polar surface area (TPSA) is 37.3 Å². The van der Waals surface area contributed by atoms with Gasteiger partial charge in [-0.1, -0.05) is 0 Å². The Hall–Kier alpha value is -0.530. The number of rotatable bonds is 6.